The van der Waals surface area contributed by atoms with Crippen LogP contribution in [0.1, 0.15) is 32.1 Å². The molecule has 148 valence electrons. The van der Waals surface area contributed by atoms with Crippen molar-refractivity contribution in [3.8, 4) is 11.3 Å². The molecule has 0 aliphatic heterocycles. The molecule has 1 N–H and O–H groups in total. The first-order valence-electron chi connectivity index (χ1n) is 10.2. The lowest BCUT2D eigenvalue weighted by atomic mass is 9.86. The Morgan fingerprint density at radius 1 is 1.07 bits per heavy atom. The lowest BCUT2D eigenvalue weighted by molar-refractivity contribution is -0.118. The molecule has 6 heteroatoms. The zero-order valence-electron chi connectivity index (χ0n) is 16.0. The summed E-state index contributed by atoms with van der Waals surface area (Å²) in [7, 11) is 0. The molecule has 2 fully saturated rings. The number of carbonyl (C=O) groups excluding carboxylic acids is 1. The van der Waals surface area contributed by atoms with Crippen LogP contribution in [0.4, 0.5) is 0 Å². The molecule has 0 radical (unpaired) electrons. The SMILES string of the molecule is O=C(CC1CC2CCC1C2)Nn1nc(-c2ccc(Br)cc2)c2ccccc2c1=O. The van der Waals surface area contributed by atoms with Crippen LogP contribution in [0.3, 0.4) is 0 Å². The van der Waals surface area contributed by atoms with Crippen molar-refractivity contribution in [2.24, 2.45) is 17.8 Å². The highest BCUT2D eigenvalue weighted by Crippen LogP contribution is 2.49. The molecule has 5 rings (SSSR count). The fourth-order valence-electron chi connectivity index (χ4n) is 5.11. The number of carbonyl (C=O) groups is 1. The van der Waals surface area contributed by atoms with Crippen molar-refractivity contribution in [1.29, 1.82) is 0 Å². The number of amides is 1. The third-order valence-electron chi connectivity index (χ3n) is 6.49. The number of nitrogens with one attached hydrogen (secondary N) is 1. The molecule has 2 bridgehead atoms. The summed E-state index contributed by atoms with van der Waals surface area (Å²) >= 11 is 3.45. The van der Waals surface area contributed by atoms with Crippen molar-refractivity contribution < 1.29 is 4.79 Å². The molecule has 2 aliphatic rings. The van der Waals surface area contributed by atoms with Gasteiger partial charge < -0.3 is 0 Å². The predicted molar refractivity (Wildman–Crippen MR) is 117 cm³/mol. The third kappa shape index (κ3) is 3.50. The minimum absolute atomic E-state index is 0.130. The number of aromatic nitrogens is 2. The lowest BCUT2D eigenvalue weighted by Crippen LogP contribution is -2.36. The molecule has 0 saturated heterocycles. The number of halogens is 1. The Morgan fingerprint density at radius 3 is 2.52 bits per heavy atom. The standard InChI is InChI=1S/C23H22BrN3O2/c24-18-9-7-15(8-10-18)22-19-3-1-2-4-20(19)23(29)27(26-22)25-21(28)13-17-12-14-5-6-16(17)11-14/h1-4,7-10,14,16-17H,5-6,11-13H2,(H,25,28). The van der Waals surface area contributed by atoms with Crippen LogP contribution in [0, 0.1) is 17.8 Å². The minimum Gasteiger partial charge on any atom is -0.273 e. The van der Waals surface area contributed by atoms with Gasteiger partial charge in [-0.1, -0.05) is 52.7 Å². The van der Waals surface area contributed by atoms with Gasteiger partial charge in [-0.15, -0.1) is 9.89 Å². The highest BCUT2D eigenvalue weighted by atomic mass is 79.9. The highest BCUT2D eigenvalue weighted by molar-refractivity contribution is 9.10. The summed E-state index contributed by atoms with van der Waals surface area (Å²) in [4.78, 5) is 26.8. The molecule has 1 amide bonds. The van der Waals surface area contributed by atoms with Gasteiger partial charge in [-0.25, -0.2) is 5.43 Å². The van der Waals surface area contributed by atoms with Gasteiger partial charge in [0.1, 0.15) is 5.69 Å². The molecular formula is C23H22BrN3O2. The minimum atomic E-state index is -0.303. The molecule has 1 aromatic heterocycles. The van der Waals surface area contributed by atoms with Gasteiger partial charge in [0.25, 0.3) is 5.56 Å². The van der Waals surface area contributed by atoms with E-state index in [1.54, 1.807) is 6.07 Å². The molecular weight excluding hydrogens is 430 g/mol. The number of benzene rings is 2. The van der Waals surface area contributed by atoms with Crippen LogP contribution in [0.5, 0.6) is 0 Å². The summed E-state index contributed by atoms with van der Waals surface area (Å²) in [6.45, 7) is 0. The average Bonchev–Trinajstić information content (AvgIpc) is 3.34. The van der Waals surface area contributed by atoms with E-state index < -0.39 is 0 Å². The van der Waals surface area contributed by atoms with Crippen molar-refractivity contribution in [2.75, 3.05) is 5.43 Å². The van der Waals surface area contributed by atoms with Crippen LogP contribution in [0.25, 0.3) is 22.0 Å². The highest BCUT2D eigenvalue weighted by Gasteiger charge is 2.40. The van der Waals surface area contributed by atoms with Crippen molar-refractivity contribution >= 4 is 32.6 Å². The van der Waals surface area contributed by atoms with Crippen LogP contribution in [0.2, 0.25) is 0 Å². The zero-order valence-corrected chi connectivity index (χ0v) is 17.6. The summed E-state index contributed by atoms with van der Waals surface area (Å²) in [5.41, 5.74) is 4.02. The van der Waals surface area contributed by atoms with Crippen molar-refractivity contribution in [2.45, 2.75) is 32.1 Å². The smallest absolute Gasteiger partial charge is 0.273 e. The summed E-state index contributed by atoms with van der Waals surface area (Å²) < 4.78 is 0.970. The normalized spacial score (nSPS) is 22.9. The maximum absolute atomic E-state index is 12.9. The van der Waals surface area contributed by atoms with E-state index in [1.165, 1.54) is 19.3 Å². The Kier molecular flexibility index (Phi) is 4.74. The van der Waals surface area contributed by atoms with Gasteiger partial charge >= 0.3 is 0 Å². The van der Waals surface area contributed by atoms with E-state index in [4.69, 9.17) is 0 Å². The first kappa shape index (κ1) is 18.6. The van der Waals surface area contributed by atoms with Crippen molar-refractivity contribution in [1.82, 2.24) is 9.89 Å². The van der Waals surface area contributed by atoms with Crippen molar-refractivity contribution in [3.05, 3.63) is 63.4 Å². The second kappa shape index (κ2) is 7.41. The number of hydrogen-bond acceptors (Lipinski definition) is 3. The fourth-order valence-corrected chi connectivity index (χ4v) is 5.38. The van der Waals surface area contributed by atoms with Crippen molar-refractivity contribution in [3.63, 3.8) is 0 Å². The van der Waals surface area contributed by atoms with Crippen LogP contribution < -0.4 is 11.0 Å². The molecule has 3 atom stereocenters. The van der Waals surface area contributed by atoms with E-state index in [9.17, 15) is 9.59 Å². The lowest BCUT2D eigenvalue weighted by Gasteiger charge is -2.21. The molecule has 5 nitrogen and oxygen atoms in total. The van der Waals surface area contributed by atoms with Crippen LogP contribution in [-0.4, -0.2) is 15.8 Å². The Morgan fingerprint density at radius 2 is 1.83 bits per heavy atom. The maximum Gasteiger partial charge on any atom is 0.294 e. The van der Waals surface area contributed by atoms with Gasteiger partial charge in [0.2, 0.25) is 5.91 Å². The summed E-state index contributed by atoms with van der Waals surface area (Å²) in [6, 6.07) is 15.2. The van der Waals surface area contributed by atoms with Gasteiger partial charge in [-0.05, 0) is 55.2 Å². The Labute approximate surface area is 177 Å². The predicted octanol–water partition coefficient (Wildman–Crippen LogP) is 4.72. The quantitative estimate of drug-likeness (QED) is 0.623. The third-order valence-corrected chi connectivity index (χ3v) is 7.01. The topological polar surface area (TPSA) is 64.0 Å². The van der Waals surface area contributed by atoms with Crippen LogP contribution >= 0.6 is 15.9 Å². The molecule has 1 heterocycles. The average molecular weight is 452 g/mol. The first-order chi connectivity index (χ1) is 14.1. The summed E-state index contributed by atoms with van der Waals surface area (Å²) in [5, 5.41) is 5.84. The van der Waals surface area contributed by atoms with E-state index in [2.05, 4.69) is 26.5 Å². The van der Waals surface area contributed by atoms with Crippen LogP contribution in [-0.2, 0) is 4.79 Å². The molecule has 2 aromatic carbocycles. The van der Waals surface area contributed by atoms with E-state index in [0.29, 0.717) is 29.3 Å². The monoisotopic (exact) mass is 451 g/mol. The van der Waals surface area contributed by atoms with Gasteiger partial charge in [0, 0.05) is 21.8 Å². The van der Waals surface area contributed by atoms with Gasteiger partial charge in [-0.2, -0.15) is 0 Å². The number of fused-ring (bicyclic) bond motifs is 3. The Bertz CT molecular complexity index is 1140. The number of rotatable bonds is 4. The van der Waals surface area contributed by atoms with E-state index in [-0.39, 0.29) is 11.5 Å². The van der Waals surface area contributed by atoms with Gasteiger partial charge in [-0.3, -0.25) is 9.59 Å². The molecule has 3 unspecified atom stereocenters. The molecule has 2 aliphatic carbocycles. The molecule has 3 aromatic rings. The number of hydrogen-bond donors (Lipinski definition) is 1. The summed E-state index contributed by atoms with van der Waals surface area (Å²) in [5.74, 6) is 1.78. The second-order valence-corrected chi connectivity index (χ2v) is 9.21. The fraction of sp³-hybridized carbons (Fsp3) is 0.348. The summed E-state index contributed by atoms with van der Waals surface area (Å²) in [6.07, 6.45) is 5.42. The Hall–Kier alpha value is -2.47. The van der Waals surface area contributed by atoms with Gasteiger partial charge in [0.15, 0.2) is 0 Å². The van der Waals surface area contributed by atoms with Gasteiger partial charge in [0.05, 0.1) is 5.39 Å². The largest absolute Gasteiger partial charge is 0.294 e. The molecule has 0 spiro atoms. The first-order valence-corrected chi connectivity index (χ1v) is 11.0. The second-order valence-electron chi connectivity index (χ2n) is 8.29. The molecule has 29 heavy (non-hydrogen) atoms. The number of nitrogens with zero attached hydrogens (tertiary/aromatic N) is 2. The van der Waals surface area contributed by atoms with E-state index >= 15 is 0 Å². The zero-order chi connectivity index (χ0) is 20.0. The maximum atomic E-state index is 12.9. The van der Waals surface area contributed by atoms with Crippen LogP contribution in [0.15, 0.2) is 57.8 Å². The van der Waals surface area contributed by atoms with E-state index in [0.717, 1.165) is 32.6 Å². The molecule has 2 saturated carbocycles. The van der Waals surface area contributed by atoms with E-state index in [1.807, 2.05) is 42.5 Å². The Balaban J connectivity index is 1.48.